The maximum absolute atomic E-state index is 13.0. The fourth-order valence-corrected chi connectivity index (χ4v) is 5.52. The normalized spacial score (nSPS) is 25.0. The van der Waals surface area contributed by atoms with E-state index in [1.54, 1.807) is 0 Å². The highest BCUT2D eigenvalue weighted by Gasteiger charge is 2.53. The van der Waals surface area contributed by atoms with Crippen LogP contribution in [-0.4, -0.2) is 43.1 Å². The lowest BCUT2D eigenvalue weighted by Crippen LogP contribution is -2.50. The van der Waals surface area contributed by atoms with E-state index in [2.05, 4.69) is 26.1 Å². The van der Waals surface area contributed by atoms with Crippen molar-refractivity contribution in [3.05, 3.63) is 28.2 Å². The van der Waals surface area contributed by atoms with Gasteiger partial charge in [0.2, 0.25) is 0 Å². The van der Waals surface area contributed by atoms with Crippen molar-refractivity contribution in [2.24, 2.45) is 11.3 Å². The van der Waals surface area contributed by atoms with Crippen LogP contribution in [0, 0.1) is 11.3 Å². The molecule has 1 spiro atoms. The minimum atomic E-state index is -4.08. The molecule has 7 nitrogen and oxygen atoms in total. The van der Waals surface area contributed by atoms with Gasteiger partial charge in [-0.2, -0.15) is 8.42 Å². The van der Waals surface area contributed by atoms with Gasteiger partial charge < -0.3 is 9.50 Å². The van der Waals surface area contributed by atoms with Gasteiger partial charge in [0.15, 0.2) is 5.75 Å². The molecule has 1 N–H and O–H groups in total. The van der Waals surface area contributed by atoms with Crippen molar-refractivity contribution >= 4 is 45.3 Å². The molecule has 2 aliphatic rings. The van der Waals surface area contributed by atoms with Crippen LogP contribution in [0.4, 0.5) is 4.79 Å². The van der Waals surface area contributed by atoms with Crippen molar-refractivity contribution in [2.75, 3.05) is 12.3 Å². The second-order valence-corrected chi connectivity index (χ2v) is 11.6. The molecule has 0 radical (unpaired) electrons. The van der Waals surface area contributed by atoms with Crippen LogP contribution < -0.4 is 9.50 Å². The molecule has 0 bridgehead atoms. The number of nitrogens with one attached hydrogen (secondary N) is 1. The molecular formula is C20H26Cl2N2O5S. The van der Waals surface area contributed by atoms with Gasteiger partial charge in [0.05, 0.1) is 5.02 Å². The molecule has 166 valence electrons. The molecule has 0 aromatic heterocycles. The summed E-state index contributed by atoms with van der Waals surface area (Å²) in [5.74, 6) is -0.485. The summed E-state index contributed by atoms with van der Waals surface area (Å²) in [6, 6.07) is 3.60. The Balaban J connectivity index is 1.63. The minimum absolute atomic E-state index is 0.0515. The average Bonchev–Trinajstić information content (AvgIpc) is 2.85. The standard InChI is InChI=1S/C20H26Cl2N2O5S/c1-19(2,3)13-6-8-20(9-7-13)17(25)24(18(26)23-20)10-11-30(27,28)29-16-5-4-14(21)12-15(16)22/h4-5,12-13H,6-11H2,1-3H3,(H,23,26). The Kier molecular flexibility index (Phi) is 6.33. The SMILES string of the molecule is CC(C)(C)C1CCC2(CC1)NC(=O)N(CCS(=O)(=O)Oc1ccc(Cl)cc1Cl)C2=O. The average molecular weight is 477 g/mol. The molecule has 2 fully saturated rings. The Labute approximate surface area is 187 Å². The molecule has 1 heterocycles. The van der Waals surface area contributed by atoms with Crippen molar-refractivity contribution in [3.8, 4) is 5.75 Å². The van der Waals surface area contributed by atoms with E-state index >= 15 is 0 Å². The summed E-state index contributed by atoms with van der Waals surface area (Å²) < 4.78 is 29.7. The van der Waals surface area contributed by atoms with Gasteiger partial charge in [-0.1, -0.05) is 44.0 Å². The van der Waals surface area contributed by atoms with E-state index in [1.807, 2.05) is 0 Å². The number of benzene rings is 1. The molecule has 3 rings (SSSR count). The van der Waals surface area contributed by atoms with E-state index in [0.29, 0.717) is 23.8 Å². The largest absolute Gasteiger partial charge is 0.381 e. The van der Waals surface area contributed by atoms with E-state index < -0.39 is 27.4 Å². The summed E-state index contributed by atoms with van der Waals surface area (Å²) in [7, 11) is -4.08. The van der Waals surface area contributed by atoms with E-state index in [4.69, 9.17) is 27.4 Å². The van der Waals surface area contributed by atoms with E-state index in [-0.39, 0.29) is 28.6 Å². The third-order valence-corrected chi connectivity index (χ3v) is 7.63. The monoisotopic (exact) mass is 476 g/mol. The molecule has 1 saturated carbocycles. The molecule has 1 aromatic carbocycles. The highest BCUT2D eigenvalue weighted by atomic mass is 35.5. The van der Waals surface area contributed by atoms with Gasteiger partial charge >= 0.3 is 16.1 Å². The molecule has 1 aromatic rings. The molecule has 1 saturated heterocycles. The zero-order chi connectivity index (χ0) is 22.3. The topological polar surface area (TPSA) is 92.8 Å². The Morgan fingerprint density at radius 2 is 1.83 bits per heavy atom. The summed E-state index contributed by atoms with van der Waals surface area (Å²) in [4.78, 5) is 26.4. The first kappa shape index (κ1) is 23.2. The second kappa shape index (κ2) is 8.20. The molecule has 10 heteroatoms. The van der Waals surface area contributed by atoms with Crippen molar-refractivity contribution in [2.45, 2.75) is 52.0 Å². The van der Waals surface area contributed by atoms with E-state index in [1.165, 1.54) is 18.2 Å². The first-order valence-electron chi connectivity index (χ1n) is 9.84. The first-order chi connectivity index (χ1) is 13.8. The van der Waals surface area contributed by atoms with Crippen LogP contribution in [0.1, 0.15) is 46.5 Å². The van der Waals surface area contributed by atoms with Crippen LogP contribution in [0.15, 0.2) is 18.2 Å². The smallest absolute Gasteiger partial charge is 0.325 e. The lowest BCUT2D eigenvalue weighted by molar-refractivity contribution is -0.132. The number of carbonyl (C=O) groups excluding carboxylic acids is 2. The molecule has 30 heavy (non-hydrogen) atoms. The highest BCUT2D eigenvalue weighted by Crippen LogP contribution is 2.43. The Morgan fingerprint density at radius 1 is 1.20 bits per heavy atom. The number of urea groups is 1. The quantitative estimate of drug-likeness (QED) is 0.506. The van der Waals surface area contributed by atoms with Crippen LogP contribution in [0.25, 0.3) is 0 Å². The third-order valence-electron chi connectivity index (χ3n) is 5.99. The van der Waals surface area contributed by atoms with Crippen molar-refractivity contribution in [1.82, 2.24) is 10.2 Å². The lowest BCUT2D eigenvalue weighted by Gasteiger charge is -2.40. The number of amides is 3. The first-order valence-corrected chi connectivity index (χ1v) is 12.2. The van der Waals surface area contributed by atoms with Crippen LogP contribution in [-0.2, 0) is 14.9 Å². The van der Waals surface area contributed by atoms with Gasteiger partial charge in [0.1, 0.15) is 11.3 Å². The Hall–Kier alpha value is -1.51. The fraction of sp³-hybridized carbons (Fsp3) is 0.600. The Bertz CT molecular complexity index is 950. The zero-order valence-electron chi connectivity index (χ0n) is 17.2. The van der Waals surface area contributed by atoms with Gasteiger partial charge in [0, 0.05) is 11.6 Å². The fourth-order valence-electron chi connectivity index (χ4n) is 4.12. The number of hydrogen-bond acceptors (Lipinski definition) is 5. The number of rotatable bonds is 5. The van der Waals surface area contributed by atoms with Gasteiger partial charge in [-0.25, -0.2) is 4.79 Å². The predicted molar refractivity (Wildman–Crippen MR) is 115 cm³/mol. The van der Waals surface area contributed by atoms with Crippen LogP contribution in [0.5, 0.6) is 5.75 Å². The number of halogens is 2. The molecule has 3 amide bonds. The maximum Gasteiger partial charge on any atom is 0.325 e. The third kappa shape index (κ3) is 4.86. The maximum atomic E-state index is 13.0. The van der Waals surface area contributed by atoms with E-state index in [9.17, 15) is 18.0 Å². The summed E-state index contributed by atoms with van der Waals surface area (Å²) in [5, 5.41) is 3.20. The highest BCUT2D eigenvalue weighted by molar-refractivity contribution is 7.87. The zero-order valence-corrected chi connectivity index (χ0v) is 19.5. The Morgan fingerprint density at radius 3 is 2.40 bits per heavy atom. The van der Waals surface area contributed by atoms with Crippen molar-refractivity contribution in [1.29, 1.82) is 0 Å². The molecule has 1 aliphatic carbocycles. The van der Waals surface area contributed by atoms with E-state index in [0.717, 1.165) is 17.7 Å². The minimum Gasteiger partial charge on any atom is -0.381 e. The van der Waals surface area contributed by atoms with Crippen LogP contribution in [0.2, 0.25) is 10.0 Å². The van der Waals surface area contributed by atoms with Gasteiger partial charge in [0.25, 0.3) is 5.91 Å². The van der Waals surface area contributed by atoms with Gasteiger partial charge in [-0.15, -0.1) is 0 Å². The second-order valence-electron chi connectivity index (χ2n) is 9.03. The predicted octanol–water partition coefficient (Wildman–Crippen LogP) is 4.23. The molecule has 0 atom stereocenters. The summed E-state index contributed by atoms with van der Waals surface area (Å²) in [5.41, 5.74) is -0.787. The molecule has 0 unspecified atom stereocenters. The van der Waals surface area contributed by atoms with Crippen LogP contribution in [0.3, 0.4) is 0 Å². The van der Waals surface area contributed by atoms with Crippen molar-refractivity contribution < 1.29 is 22.2 Å². The number of carbonyl (C=O) groups is 2. The number of nitrogens with zero attached hydrogens (tertiary/aromatic N) is 1. The number of hydrogen-bond donors (Lipinski definition) is 1. The molecule has 1 aliphatic heterocycles. The lowest BCUT2D eigenvalue weighted by atomic mass is 9.67. The molecular weight excluding hydrogens is 451 g/mol. The van der Waals surface area contributed by atoms with Crippen molar-refractivity contribution in [3.63, 3.8) is 0 Å². The summed E-state index contributed by atoms with van der Waals surface area (Å²) >= 11 is 11.7. The summed E-state index contributed by atoms with van der Waals surface area (Å²) in [6.07, 6.45) is 2.78. The van der Waals surface area contributed by atoms with Gasteiger partial charge in [-0.05, 0) is 55.2 Å². The summed E-state index contributed by atoms with van der Waals surface area (Å²) in [6.45, 7) is 6.24. The van der Waals surface area contributed by atoms with Gasteiger partial charge in [-0.3, -0.25) is 9.69 Å². The number of imide groups is 1. The van der Waals surface area contributed by atoms with Crippen LogP contribution >= 0.6 is 23.2 Å².